The van der Waals surface area contributed by atoms with Crippen molar-refractivity contribution in [2.24, 2.45) is 5.92 Å². The third-order valence-corrected chi connectivity index (χ3v) is 7.78. The minimum Gasteiger partial charge on any atom is -0.493 e. The molecule has 1 N–H and O–H groups in total. The Hall–Kier alpha value is -2.62. The van der Waals surface area contributed by atoms with Crippen LogP contribution in [0.15, 0.2) is 47.4 Å². The molecule has 180 valence electrons. The summed E-state index contributed by atoms with van der Waals surface area (Å²) in [4.78, 5) is 15.0. The van der Waals surface area contributed by atoms with Crippen molar-refractivity contribution in [3.8, 4) is 11.5 Å². The number of nitrogens with zero attached hydrogens (tertiary/aromatic N) is 2. The van der Waals surface area contributed by atoms with Gasteiger partial charge in [-0.1, -0.05) is 12.1 Å². The Morgan fingerprint density at radius 1 is 1.03 bits per heavy atom. The second kappa shape index (κ2) is 11.0. The highest BCUT2D eigenvalue weighted by Crippen LogP contribution is 2.32. The van der Waals surface area contributed by atoms with Crippen molar-refractivity contribution in [2.75, 3.05) is 53.3 Å². The van der Waals surface area contributed by atoms with Crippen LogP contribution in [0.3, 0.4) is 0 Å². The van der Waals surface area contributed by atoms with Gasteiger partial charge in [-0.2, -0.15) is 4.31 Å². The maximum atomic E-state index is 13.1. The Morgan fingerprint density at radius 3 is 2.24 bits per heavy atom. The minimum absolute atomic E-state index is 0.0702. The van der Waals surface area contributed by atoms with Crippen LogP contribution in [-0.4, -0.2) is 71.5 Å². The molecule has 0 radical (unpaired) electrons. The van der Waals surface area contributed by atoms with Crippen molar-refractivity contribution < 1.29 is 22.7 Å². The molecular weight excluding hydrogens is 442 g/mol. The molecule has 0 unspecified atom stereocenters. The molecule has 1 saturated heterocycles. The van der Waals surface area contributed by atoms with E-state index in [1.807, 2.05) is 38.4 Å². The summed E-state index contributed by atoms with van der Waals surface area (Å²) in [7, 11) is 3.37. The van der Waals surface area contributed by atoms with E-state index < -0.39 is 10.0 Å². The Labute approximate surface area is 196 Å². The third-order valence-electron chi connectivity index (χ3n) is 5.89. The van der Waals surface area contributed by atoms with E-state index in [4.69, 9.17) is 9.47 Å². The summed E-state index contributed by atoms with van der Waals surface area (Å²) in [6.07, 6.45) is 1.90. The van der Waals surface area contributed by atoms with Crippen molar-refractivity contribution in [2.45, 2.75) is 24.2 Å². The SMILES string of the molecule is COc1ccc(S(=O)(=O)N2CCC(C(=O)Nc3ccc(CCN(C)C)cc3)CC2)cc1OC. The fourth-order valence-electron chi connectivity index (χ4n) is 3.84. The third kappa shape index (κ3) is 6.25. The Bertz CT molecular complexity index is 1050. The van der Waals surface area contributed by atoms with Crippen molar-refractivity contribution in [1.82, 2.24) is 9.21 Å². The van der Waals surface area contributed by atoms with Crippen molar-refractivity contribution >= 4 is 21.6 Å². The molecule has 0 atom stereocenters. The number of rotatable bonds is 9. The molecule has 3 rings (SSSR count). The predicted molar refractivity (Wildman–Crippen MR) is 128 cm³/mol. The number of ether oxygens (including phenoxy) is 2. The van der Waals surface area contributed by atoms with Crippen molar-refractivity contribution in [3.63, 3.8) is 0 Å². The molecule has 0 aromatic heterocycles. The quantitative estimate of drug-likeness (QED) is 0.600. The summed E-state index contributed by atoms with van der Waals surface area (Å²) in [6.45, 7) is 1.55. The lowest BCUT2D eigenvalue weighted by Gasteiger charge is -2.30. The fraction of sp³-hybridized carbons (Fsp3) is 0.458. The molecule has 2 aromatic carbocycles. The summed E-state index contributed by atoms with van der Waals surface area (Å²) in [5.74, 6) is 0.535. The number of piperidine rings is 1. The van der Waals surface area contributed by atoms with Crippen LogP contribution >= 0.6 is 0 Å². The molecule has 1 amide bonds. The average Bonchev–Trinajstić information content (AvgIpc) is 2.83. The van der Waals surface area contributed by atoms with Gasteiger partial charge in [0.05, 0.1) is 19.1 Å². The molecule has 0 bridgehead atoms. The maximum Gasteiger partial charge on any atom is 0.243 e. The van der Waals surface area contributed by atoms with E-state index in [1.165, 1.54) is 36.2 Å². The van der Waals surface area contributed by atoms with Gasteiger partial charge in [-0.25, -0.2) is 8.42 Å². The second-order valence-electron chi connectivity index (χ2n) is 8.43. The topological polar surface area (TPSA) is 88.2 Å². The number of sulfonamides is 1. The normalized spacial score (nSPS) is 15.4. The molecule has 1 aliphatic rings. The Morgan fingerprint density at radius 2 is 1.67 bits per heavy atom. The molecule has 1 heterocycles. The van der Waals surface area contributed by atoms with Crippen LogP contribution < -0.4 is 14.8 Å². The van der Waals surface area contributed by atoms with Crippen LogP contribution in [0.5, 0.6) is 11.5 Å². The summed E-state index contributed by atoms with van der Waals surface area (Å²) in [5, 5.41) is 2.97. The van der Waals surface area contributed by atoms with Crippen LogP contribution in [0, 0.1) is 5.92 Å². The van der Waals surface area contributed by atoms with E-state index in [1.54, 1.807) is 6.07 Å². The second-order valence-corrected chi connectivity index (χ2v) is 10.4. The zero-order chi connectivity index (χ0) is 24.0. The van der Waals surface area contributed by atoms with Crippen molar-refractivity contribution in [1.29, 1.82) is 0 Å². The molecular formula is C24H33N3O5S. The number of carbonyl (C=O) groups excluding carboxylic acids is 1. The smallest absolute Gasteiger partial charge is 0.243 e. The van der Waals surface area contributed by atoms with E-state index in [0.29, 0.717) is 24.3 Å². The van der Waals surface area contributed by atoms with E-state index >= 15 is 0 Å². The van der Waals surface area contributed by atoms with E-state index in [0.717, 1.165) is 18.7 Å². The zero-order valence-electron chi connectivity index (χ0n) is 19.7. The first-order valence-corrected chi connectivity index (χ1v) is 12.5. The molecule has 0 saturated carbocycles. The van der Waals surface area contributed by atoms with Gasteiger partial charge in [-0.05, 0) is 63.2 Å². The van der Waals surface area contributed by atoms with Gasteiger partial charge in [0.15, 0.2) is 11.5 Å². The standard InChI is InChI=1S/C24H33N3O5S/c1-26(2)14-11-18-5-7-20(8-6-18)25-24(28)19-12-15-27(16-13-19)33(29,30)21-9-10-22(31-3)23(17-21)32-4/h5-10,17,19H,11-16H2,1-4H3,(H,25,28). The van der Waals surface area contributed by atoms with Crippen LogP contribution in [0.4, 0.5) is 5.69 Å². The lowest BCUT2D eigenvalue weighted by atomic mass is 9.97. The molecule has 2 aromatic rings. The maximum absolute atomic E-state index is 13.1. The number of amides is 1. The number of methoxy groups -OCH3 is 2. The fourth-order valence-corrected chi connectivity index (χ4v) is 5.32. The number of likely N-dealkylation sites (N-methyl/N-ethyl adjacent to an activating group) is 1. The number of hydrogen-bond donors (Lipinski definition) is 1. The number of nitrogens with one attached hydrogen (secondary N) is 1. The van der Waals surface area contributed by atoms with E-state index in [-0.39, 0.29) is 29.8 Å². The van der Waals surface area contributed by atoms with Crippen LogP contribution in [-0.2, 0) is 21.2 Å². The lowest BCUT2D eigenvalue weighted by molar-refractivity contribution is -0.120. The van der Waals surface area contributed by atoms with Crippen LogP contribution in [0.1, 0.15) is 18.4 Å². The minimum atomic E-state index is -3.68. The first kappa shape index (κ1) is 25.0. The number of carbonyl (C=O) groups is 1. The predicted octanol–water partition coefficient (Wildman–Crippen LogP) is 2.85. The van der Waals surface area contributed by atoms with Crippen molar-refractivity contribution in [3.05, 3.63) is 48.0 Å². The highest BCUT2D eigenvalue weighted by atomic mass is 32.2. The van der Waals surface area contributed by atoms with Gasteiger partial charge in [0, 0.05) is 37.3 Å². The van der Waals surface area contributed by atoms with Gasteiger partial charge in [0.2, 0.25) is 15.9 Å². The highest BCUT2D eigenvalue weighted by molar-refractivity contribution is 7.89. The molecule has 8 nitrogen and oxygen atoms in total. The Balaban J connectivity index is 1.57. The lowest BCUT2D eigenvalue weighted by Crippen LogP contribution is -2.41. The number of benzene rings is 2. The van der Waals surface area contributed by atoms with Gasteiger partial charge < -0.3 is 19.7 Å². The first-order valence-electron chi connectivity index (χ1n) is 11.0. The molecule has 9 heteroatoms. The summed E-state index contributed by atoms with van der Waals surface area (Å²) in [5.41, 5.74) is 1.98. The summed E-state index contributed by atoms with van der Waals surface area (Å²) in [6, 6.07) is 12.4. The highest BCUT2D eigenvalue weighted by Gasteiger charge is 2.32. The summed E-state index contributed by atoms with van der Waals surface area (Å²) < 4.78 is 38.0. The molecule has 0 spiro atoms. The van der Waals surface area contributed by atoms with Gasteiger partial charge in [0.1, 0.15) is 0 Å². The van der Waals surface area contributed by atoms with Crippen LogP contribution in [0.25, 0.3) is 0 Å². The van der Waals surface area contributed by atoms with Gasteiger partial charge in [0.25, 0.3) is 0 Å². The van der Waals surface area contributed by atoms with E-state index in [9.17, 15) is 13.2 Å². The first-order chi connectivity index (χ1) is 15.7. The number of hydrogen-bond acceptors (Lipinski definition) is 6. The molecule has 1 aliphatic heterocycles. The largest absolute Gasteiger partial charge is 0.493 e. The Kier molecular flexibility index (Phi) is 8.34. The molecule has 1 fully saturated rings. The van der Waals surface area contributed by atoms with E-state index in [2.05, 4.69) is 10.2 Å². The van der Waals surface area contributed by atoms with Gasteiger partial charge >= 0.3 is 0 Å². The average molecular weight is 476 g/mol. The molecule has 0 aliphatic carbocycles. The zero-order valence-corrected chi connectivity index (χ0v) is 20.5. The van der Waals surface area contributed by atoms with Crippen LogP contribution in [0.2, 0.25) is 0 Å². The number of anilines is 1. The van der Waals surface area contributed by atoms with Gasteiger partial charge in [-0.15, -0.1) is 0 Å². The monoisotopic (exact) mass is 475 g/mol. The molecule has 33 heavy (non-hydrogen) atoms. The summed E-state index contributed by atoms with van der Waals surface area (Å²) >= 11 is 0. The van der Waals surface area contributed by atoms with Gasteiger partial charge in [-0.3, -0.25) is 4.79 Å².